The Balaban J connectivity index is 2.25. The average molecular weight is 207 g/mol. The summed E-state index contributed by atoms with van der Waals surface area (Å²) in [5.74, 6) is 0.964. The Kier molecular flexibility index (Phi) is 2.82. The van der Waals surface area contributed by atoms with Crippen molar-refractivity contribution in [2.24, 2.45) is 0 Å². The highest BCUT2D eigenvalue weighted by Gasteiger charge is 2.22. The molecule has 0 fully saturated rings. The standard InChI is InChI=1S/C12H17NO2/c1-9-4-5-11-12(6-9)15-10(8-14-3)7-13(11)2/h4-6,10H,7-8H2,1-3H3/t10-/m0/s1. The van der Waals surface area contributed by atoms with E-state index in [1.807, 2.05) is 0 Å². The number of benzene rings is 1. The zero-order valence-electron chi connectivity index (χ0n) is 9.49. The first kappa shape index (κ1) is 10.3. The van der Waals surface area contributed by atoms with Gasteiger partial charge >= 0.3 is 0 Å². The Morgan fingerprint density at radius 3 is 3.07 bits per heavy atom. The van der Waals surface area contributed by atoms with Crippen molar-refractivity contribution >= 4 is 5.69 Å². The fourth-order valence-electron chi connectivity index (χ4n) is 1.92. The van der Waals surface area contributed by atoms with Gasteiger partial charge in [0.2, 0.25) is 0 Å². The Bertz CT molecular complexity index is 351. The molecule has 0 aliphatic carbocycles. The minimum Gasteiger partial charge on any atom is -0.484 e. The van der Waals surface area contributed by atoms with E-state index in [2.05, 4.69) is 37.1 Å². The van der Waals surface area contributed by atoms with Gasteiger partial charge in [-0.15, -0.1) is 0 Å². The Hall–Kier alpha value is -1.22. The Labute approximate surface area is 90.6 Å². The van der Waals surface area contributed by atoms with Crippen molar-refractivity contribution in [3.63, 3.8) is 0 Å². The minimum atomic E-state index is 0.134. The van der Waals surface area contributed by atoms with Crippen LogP contribution in [0.5, 0.6) is 5.75 Å². The van der Waals surface area contributed by atoms with E-state index < -0.39 is 0 Å². The molecule has 0 bridgehead atoms. The molecule has 1 aromatic carbocycles. The number of ether oxygens (including phenoxy) is 2. The lowest BCUT2D eigenvalue weighted by molar-refractivity contribution is 0.0801. The van der Waals surface area contributed by atoms with Crippen molar-refractivity contribution in [3.05, 3.63) is 23.8 Å². The average Bonchev–Trinajstić information content (AvgIpc) is 2.17. The van der Waals surface area contributed by atoms with Gasteiger partial charge in [-0.2, -0.15) is 0 Å². The van der Waals surface area contributed by atoms with Crippen LogP contribution < -0.4 is 9.64 Å². The van der Waals surface area contributed by atoms with Gasteiger partial charge in [0.1, 0.15) is 11.9 Å². The van der Waals surface area contributed by atoms with Gasteiger partial charge < -0.3 is 14.4 Å². The fraction of sp³-hybridized carbons (Fsp3) is 0.500. The molecule has 1 aromatic rings. The molecule has 15 heavy (non-hydrogen) atoms. The van der Waals surface area contributed by atoms with Crippen LogP contribution >= 0.6 is 0 Å². The van der Waals surface area contributed by atoms with Crippen molar-refractivity contribution in [3.8, 4) is 5.75 Å². The molecular formula is C12H17NO2. The maximum absolute atomic E-state index is 5.86. The zero-order valence-corrected chi connectivity index (χ0v) is 9.49. The molecule has 3 heteroatoms. The SMILES string of the molecule is COC[C@@H]1CN(C)c2ccc(C)cc2O1. The van der Waals surface area contributed by atoms with Crippen LogP contribution in [0.3, 0.4) is 0 Å². The number of anilines is 1. The number of fused-ring (bicyclic) bond motifs is 1. The van der Waals surface area contributed by atoms with Gasteiger partial charge in [0, 0.05) is 14.2 Å². The van der Waals surface area contributed by atoms with E-state index in [0.29, 0.717) is 6.61 Å². The molecule has 0 saturated heterocycles. The maximum atomic E-state index is 5.86. The number of hydrogen-bond donors (Lipinski definition) is 0. The number of aryl methyl sites for hydroxylation is 1. The van der Waals surface area contributed by atoms with Gasteiger partial charge in [0.05, 0.1) is 18.8 Å². The summed E-state index contributed by atoms with van der Waals surface area (Å²) in [6, 6.07) is 6.29. The topological polar surface area (TPSA) is 21.7 Å². The molecular weight excluding hydrogens is 190 g/mol. The van der Waals surface area contributed by atoms with Crippen molar-refractivity contribution in [1.29, 1.82) is 0 Å². The highest BCUT2D eigenvalue weighted by Crippen LogP contribution is 2.33. The van der Waals surface area contributed by atoms with Crippen LogP contribution in [0, 0.1) is 6.92 Å². The van der Waals surface area contributed by atoms with E-state index >= 15 is 0 Å². The molecule has 82 valence electrons. The van der Waals surface area contributed by atoms with E-state index in [-0.39, 0.29) is 6.10 Å². The van der Waals surface area contributed by atoms with E-state index in [1.54, 1.807) is 7.11 Å². The highest BCUT2D eigenvalue weighted by atomic mass is 16.5. The van der Waals surface area contributed by atoms with Crippen molar-refractivity contribution in [2.75, 3.05) is 32.2 Å². The van der Waals surface area contributed by atoms with Crippen LogP contribution in [0.4, 0.5) is 5.69 Å². The maximum Gasteiger partial charge on any atom is 0.143 e. The third kappa shape index (κ3) is 2.07. The van der Waals surface area contributed by atoms with E-state index in [4.69, 9.17) is 9.47 Å². The first-order valence-corrected chi connectivity index (χ1v) is 5.18. The molecule has 0 radical (unpaired) electrons. The van der Waals surface area contributed by atoms with Crippen molar-refractivity contribution < 1.29 is 9.47 Å². The predicted molar refractivity (Wildman–Crippen MR) is 60.7 cm³/mol. The molecule has 0 spiro atoms. The molecule has 1 aliphatic rings. The number of likely N-dealkylation sites (N-methyl/N-ethyl adjacent to an activating group) is 1. The molecule has 1 aliphatic heterocycles. The van der Waals surface area contributed by atoms with Crippen LogP contribution in [0.1, 0.15) is 5.56 Å². The normalized spacial score (nSPS) is 19.7. The second-order valence-electron chi connectivity index (χ2n) is 4.05. The second kappa shape index (κ2) is 4.11. The Morgan fingerprint density at radius 1 is 1.53 bits per heavy atom. The molecule has 1 atom stereocenters. The summed E-state index contributed by atoms with van der Waals surface area (Å²) >= 11 is 0. The van der Waals surface area contributed by atoms with Crippen LogP contribution in [-0.4, -0.2) is 33.4 Å². The fourth-order valence-corrected chi connectivity index (χ4v) is 1.92. The van der Waals surface area contributed by atoms with Gasteiger partial charge in [-0.1, -0.05) is 6.07 Å². The first-order chi connectivity index (χ1) is 7.20. The molecule has 0 N–H and O–H groups in total. The monoisotopic (exact) mass is 207 g/mol. The molecule has 0 unspecified atom stereocenters. The number of rotatable bonds is 2. The molecule has 1 heterocycles. The van der Waals surface area contributed by atoms with Crippen molar-refractivity contribution in [1.82, 2.24) is 0 Å². The third-order valence-electron chi connectivity index (χ3n) is 2.65. The lowest BCUT2D eigenvalue weighted by Gasteiger charge is -2.33. The molecule has 0 amide bonds. The lowest BCUT2D eigenvalue weighted by Crippen LogP contribution is -2.40. The predicted octanol–water partition coefficient (Wildman–Crippen LogP) is 1.84. The van der Waals surface area contributed by atoms with Gasteiger partial charge in [-0.25, -0.2) is 0 Å². The number of nitrogens with zero attached hydrogens (tertiary/aromatic N) is 1. The van der Waals surface area contributed by atoms with Gasteiger partial charge in [0.25, 0.3) is 0 Å². The largest absolute Gasteiger partial charge is 0.484 e. The molecule has 0 saturated carbocycles. The van der Waals surface area contributed by atoms with Crippen LogP contribution in [0.2, 0.25) is 0 Å². The summed E-state index contributed by atoms with van der Waals surface area (Å²) in [4.78, 5) is 2.21. The van der Waals surface area contributed by atoms with Gasteiger partial charge in [-0.05, 0) is 24.6 Å². The summed E-state index contributed by atoms with van der Waals surface area (Å²) in [7, 11) is 3.79. The molecule has 2 rings (SSSR count). The van der Waals surface area contributed by atoms with Gasteiger partial charge in [-0.3, -0.25) is 0 Å². The molecule has 3 nitrogen and oxygen atoms in total. The summed E-state index contributed by atoms with van der Waals surface area (Å²) < 4.78 is 11.0. The smallest absolute Gasteiger partial charge is 0.143 e. The summed E-state index contributed by atoms with van der Waals surface area (Å²) in [5, 5.41) is 0. The van der Waals surface area contributed by atoms with E-state index in [0.717, 1.165) is 18.0 Å². The summed E-state index contributed by atoms with van der Waals surface area (Å²) in [6.45, 7) is 3.59. The summed E-state index contributed by atoms with van der Waals surface area (Å²) in [5.41, 5.74) is 2.38. The van der Waals surface area contributed by atoms with Gasteiger partial charge in [0.15, 0.2) is 0 Å². The minimum absolute atomic E-state index is 0.134. The summed E-state index contributed by atoms with van der Waals surface area (Å²) in [6.07, 6.45) is 0.134. The number of hydrogen-bond acceptors (Lipinski definition) is 3. The van der Waals surface area contributed by atoms with Crippen LogP contribution in [0.25, 0.3) is 0 Å². The van der Waals surface area contributed by atoms with E-state index in [1.165, 1.54) is 5.56 Å². The van der Waals surface area contributed by atoms with Crippen molar-refractivity contribution in [2.45, 2.75) is 13.0 Å². The van der Waals surface area contributed by atoms with E-state index in [9.17, 15) is 0 Å². The van der Waals surface area contributed by atoms with Crippen LogP contribution in [0.15, 0.2) is 18.2 Å². The quantitative estimate of drug-likeness (QED) is 0.738. The Morgan fingerprint density at radius 2 is 2.33 bits per heavy atom. The molecule has 0 aromatic heterocycles. The van der Waals surface area contributed by atoms with Crippen LogP contribution in [-0.2, 0) is 4.74 Å². The lowest BCUT2D eigenvalue weighted by atomic mass is 10.1. The number of methoxy groups -OCH3 is 1. The second-order valence-corrected chi connectivity index (χ2v) is 4.05. The highest BCUT2D eigenvalue weighted by molar-refractivity contribution is 5.60. The zero-order chi connectivity index (χ0) is 10.8. The third-order valence-corrected chi connectivity index (χ3v) is 2.65. The first-order valence-electron chi connectivity index (χ1n) is 5.18.